The smallest absolute Gasteiger partial charge is 0.352 e. The van der Waals surface area contributed by atoms with E-state index in [0.29, 0.717) is 17.9 Å². The van der Waals surface area contributed by atoms with Crippen LogP contribution in [0.2, 0.25) is 0 Å². The van der Waals surface area contributed by atoms with Crippen molar-refractivity contribution in [1.29, 1.82) is 0 Å². The van der Waals surface area contributed by atoms with E-state index in [9.17, 15) is 18.0 Å². The summed E-state index contributed by atoms with van der Waals surface area (Å²) in [6.45, 7) is 1.97. The topological polar surface area (TPSA) is 41.1 Å². The van der Waals surface area contributed by atoms with Crippen LogP contribution in [-0.4, -0.2) is 19.0 Å². The van der Waals surface area contributed by atoms with Gasteiger partial charge < -0.3 is 10.6 Å². The highest BCUT2D eigenvalue weighted by Gasteiger charge is 2.29. The predicted molar refractivity (Wildman–Crippen MR) is 64.3 cm³/mol. The Kier molecular flexibility index (Phi) is 4.09. The highest BCUT2D eigenvalue weighted by molar-refractivity contribution is 5.76. The SMILES string of the molecule is O=C(CC1CNC1)NCc1ccc(C(F)(F)F)cc1. The first kappa shape index (κ1) is 13.9. The van der Waals surface area contributed by atoms with Crippen molar-refractivity contribution in [1.82, 2.24) is 10.6 Å². The van der Waals surface area contributed by atoms with Crippen LogP contribution in [0.3, 0.4) is 0 Å². The fourth-order valence-corrected chi connectivity index (χ4v) is 1.84. The fourth-order valence-electron chi connectivity index (χ4n) is 1.84. The highest BCUT2D eigenvalue weighted by Crippen LogP contribution is 2.29. The van der Waals surface area contributed by atoms with Crippen LogP contribution in [0.4, 0.5) is 13.2 Å². The molecule has 1 aromatic rings. The van der Waals surface area contributed by atoms with E-state index in [0.717, 1.165) is 25.2 Å². The standard InChI is InChI=1S/C13H15F3N2O/c14-13(15,16)11-3-1-9(2-4-11)8-18-12(19)5-10-6-17-7-10/h1-4,10,17H,5-8H2,(H,18,19). The Balaban J connectivity index is 1.80. The number of hydrogen-bond acceptors (Lipinski definition) is 2. The summed E-state index contributed by atoms with van der Waals surface area (Å²) in [4.78, 5) is 11.5. The molecule has 1 heterocycles. The molecule has 0 atom stereocenters. The maximum Gasteiger partial charge on any atom is 0.416 e. The van der Waals surface area contributed by atoms with Gasteiger partial charge in [0.2, 0.25) is 5.91 Å². The minimum atomic E-state index is -4.32. The number of halogens is 3. The summed E-state index contributed by atoms with van der Waals surface area (Å²) >= 11 is 0. The third kappa shape index (κ3) is 3.96. The molecule has 104 valence electrons. The van der Waals surface area contributed by atoms with Crippen molar-refractivity contribution in [3.8, 4) is 0 Å². The van der Waals surface area contributed by atoms with E-state index >= 15 is 0 Å². The second-order valence-corrected chi connectivity index (χ2v) is 4.70. The van der Waals surface area contributed by atoms with Gasteiger partial charge in [0.25, 0.3) is 0 Å². The lowest BCUT2D eigenvalue weighted by Gasteiger charge is -2.26. The third-order valence-corrected chi connectivity index (χ3v) is 3.11. The third-order valence-electron chi connectivity index (χ3n) is 3.11. The van der Waals surface area contributed by atoms with Crippen molar-refractivity contribution < 1.29 is 18.0 Å². The number of rotatable bonds is 4. The minimum Gasteiger partial charge on any atom is -0.352 e. The minimum absolute atomic E-state index is 0.0635. The van der Waals surface area contributed by atoms with Gasteiger partial charge in [-0.1, -0.05) is 12.1 Å². The highest BCUT2D eigenvalue weighted by atomic mass is 19.4. The quantitative estimate of drug-likeness (QED) is 0.879. The van der Waals surface area contributed by atoms with E-state index in [2.05, 4.69) is 10.6 Å². The first-order valence-corrected chi connectivity index (χ1v) is 6.08. The van der Waals surface area contributed by atoms with Gasteiger partial charge in [0.05, 0.1) is 5.56 Å². The average Bonchev–Trinajstić information content (AvgIpc) is 2.31. The Bertz CT molecular complexity index is 438. The molecule has 0 radical (unpaired) electrons. The number of alkyl halides is 3. The van der Waals surface area contributed by atoms with E-state index in [-0.39, 0.29) is 12.5 Å². The Morgan fingerprint density at radius 1 is 1.26 bits per heavy atom. The van der Waals surface area contributed by atoms with Crippen LogP contribution in [0.5, 0.6) is 0 Å². The molecular formula is C13H15F3N2O. The molecule has 1 amide bonds. The first-order chi connectivity index (χ1) is 8.95. The molecule has 0 aromatic heterocycles. The van der Waals surface area contributed by atoms with Gasteiger partial charge >= 0.3 is 6.18 Å². The Morgan fingerprint density at radius 2 is 1.89 bits per heavy atom. The Morgan fingerprint density at radius 3 is 2.37 bits per heavy atom. The van der Waals surface area contributed by atoms with Gasteiger partial charge in [0.1, 0.15) is 0 Å². The molecule has 0 spiro atoms. The normalized spacial score (nSPS) is 15.9. The average molecular weight is 272 g/mol. The molecule has 0 aliphatic carbocycles. The van der Waals surface area contributed by atoms with E-state index < -0.39 is 11.7 Å². The van der Waals surface area contributed by atoms with Crippen molar-refractivity contribution in [3.63, 3.8) is 0 Å². The largest absolute Gasteiger partial charge is 0.416 e. The van der Waals surface area contributed by atoms with Crippen molar-refractivity contribution in [2.75, 3.05) is 13.1 Å². The summed E-state index contributed by atoms with van der Waals surface area (Å²) in [5.74, 6) is 0.319. The lowest BCUT2D eigenvalue weighted by atomic mass is 9.99. The van der Waals surface area contributed by atoms with E-state index in [1.54, 1.807) is 0 Å². The van der Waals surface area contributed by atoms with Crippen LogP contribution in [0.15, 0.2) is 24.3 Å². The zero-order chi connectivity index (χ0) is 13.9. The molecule has 1 saturated heterocycles. The number of benzene rings is 1. The summed E-state index contributed by atoms with van der Waals surface area (Å²) in [6, 6.07) is 4.82. The maximum absolute atomic E-state index is 12.3. The van der Waals surface area contributed by atoms with E-state index in [4.69, 9.17) is 0 Å². The van der Waals surface area contributed by atoms with Crippen LogP contribution in [0.1, 0.15) is 17.5 Å². The number of hydrogen-bond donors (Lipinski definition) is 2. The van der Waals surface area contributed by atoms with Crippen molar-refractivity contribution in [2.45, 2.75) is 19.1 Å². The van der Waals surface area contributed by atoms with Gasteiger partial charge in [-0.15, -0.1) is 0 Å². The van der Waals surface area contributed by atoms with Gasteiger partial charge in [0, 0.05) is 13.0 Å². The molecule has 1 aromatic carbocycles. The van der Waals surface area contributed by atoms with Gasteiger partial charge in [-0.05, 0) is 36.7 Å². The molecule has 0 unspecified atom stereocenters. The molecule has 0 saturated carbocycles. The molecule has 3 nitrogen and oxygen atoms in total. The van der Waals surface area contributed by atoms with Crippen LogP contribution in [0.25, 0.3) is 0 Å². The van der Waals surface area contributed by atoms with E-state index in [1.807, 2.05) is 0 Å². The lowest BCUT2D eigenvalue weighted by molar-refractivity contribution is -0.137. The second-order valence-electron chi connectivity index (χ2n) is 4.70. The van der Waals surface area contributed by atoms with Crippen molar-refractivity contribution in [3.05, 3.63) is 35.4 Å². The van der Waals surface area contributed by atoms with Gasteiger partial charge in [-0.25, -0.2) is 0 Å². The summed E-state index contributed by atoms with van der Waals surface area (Å²) in [5.41, 5.74) is -0.0174. The summed E-state index contributed by atoms with van der Waals surface area (Å²) in [5, 5.41) is 5.78. The maximum atomic E-state index is 12.3. The van der Waals surface area contributed by atoms with Crippen LogP contribution in [0, 0.1) is 5.92 Å². The first-order valence-electron chi connectivity index (χ1n) is 6.08. The molecule has 1 aliphatic heterocycles. The Hall–Kier alpha value is -1.56. The number of carbonyl (C=O) groups is 1. The monoisotopic (exact) mass is 272 g/mol. The molecular weight excluding hydrogens is 257 g/mol. The molecule has 1 fully saturated rings. The Labute approximate surface area is 109 Å². The van der Waals surface area contributed by atoms with Crippen molar-refractivity contribution >= 4 is 5.91 Å². The molecule has 2 rings (SSSR count). The second kappa shape index (κ2) is 5.61. The molecule has 0 bridgehead atoms. The van der Waals surface area contributed by atoms with Crippen LogP contribution in [-0.2, 0) is 17.5 Å². The van der Waals surface area contributed by atoms with Gasteiger partial charge in [0.15, 0.2) is 0 Å². The number of carbonyl (C=O) groups excluding carboxylic acids is 1. The summed E-state index contributed by atoms with van der Waals surface area (Å²) < 4.78 is 37.0. The lowest BCUT2D eigenvalue weighted by Crippen LogP contribution is -2.44. The molecule has 19 heavy (non-hydrogen) atoms. The van der Waals surface area contributed by atoms with Crippen LogP contribution < -0.4 is 10.6 Å². The summed E-state index contributed by atoms with van der Waals surface area (Å²) in [6.07, 6.45) is -3.85. The predicted octanol–water partition coefficient (Wildman–Crippen LogP) is 1.93. The molecule has 6 heteroatoms. The zero-order valence-corrected chi connectivity index (χ0v) is 10.3. The van der Waals surface area contributed by atoms with Gasteiger partial charge in [-0.3, -0.25) is 4.79 Å². The van der Waals surface area contributed by atoms with Gasteiger partial charge in [-0.2, -0.15) is 13.2 Å². The summed E-state index contributed by atoms with van der Waals surface area (Å²) in [7, 11) is 0. The van der Waals surface area contributed by atoms with Crippen molar-refractivity contribution in [2.24, 2.45) is 5.92 Å². The number of nitrogens with one attached hydrogen (secondary N) is 2. The fraction of sp³-hybridized carbons (Fsp3) is 0.462. The van der Waals surface area contributed by atoms with Crippen LogP contribution >= 0.6 is 0 Å². The number of amides is 1. The van der Waals surface area contributed by atoms with E-state index in [1.165, 1.54) is 12.1 Å². The zero-order valence-electron chi connectivity index (χ0n) is 10.3. The molecule has 1 aliphatic rings. The molecule has 2 N–H and O–H groups in total.